The topological polar surface area (TPSA) is 342 Å². The van der Waals surface area contributed by atoms with Crippen LogP contribution in [0, 0.1) is 50.4 Å². The van der Waals surface area contributed by atoms with Crippen molar-refractivity contribution in [3.8, 4) is 45.9 Å². The number of nitrogens with zero attached hydrogens (tertiary/aromatic N) is 14. The number of amides is 2. The molecule has 123 heavy (non-hydrogen) atoms. The Hall–Kier alpha value is -13.1. The summed E-state index contributed by atoms with van der Waals surface area (Å²) in [6.07, 6.45) is 7.59. The Morgan fingerprint density at radius 1 is 0.439 bits per heavy atom. The summed E-state index contributed by atoms with van der Waals surface area (Å²) in [7, 11) is 0. The standard InChI is InChI=1S/C25H23N7.C25H28N2O2.C23H31N3O3.C20H20N2.C5H4ClN5/c1-15-7-5-10-17-13-18(22(29-21(15)17)16-8-3-2-4-9-16)20-11-6-12-32(20)24-19(14-26)23(27)30-25(28)31-24;1-17-10-8-13-19-16-20(23(26-22(17)19)18-11-6-5-7-12-18)21-14-9-15-27(21)24(28)29-25(2,3)4;1-16-7-5-8-17-15-18(21(24-20(16)17)25-11-13-28-14-12-25)19-9-6-10-26(19)22(27)29-23(2,3)4;1-14-7-5-10-16-13-17(18-11-6-12-21-18)20(22-19(14)16)15-8-3-2-4-9-15;6-3-2(1-7)4(8)11-5(9)10-3/h2-5,7-10,13,20H,6,11-12H2,1H3,(H4,27,28,30,31);5-8,10-13,16,21H,9,14-15H2,1-4H3;5,7-8,15,19H,6,9-14H2,1-4H3;2-5,7-10,13,18,21H,6,11-12H2,1H3;(H4,8,9,10,11)/t20-;21-;19-;18-;/m0000./s1. The van der Waals surface area contributed by atoms with E-state index in [0.29, 0.717) is 38.2 Å². The molecule has 0 radical (unpaired) electrons. The predicted octanol–water partition coefficient (Wildman–Crippen LogP) is 19.9. The molecule has 630 valence electrons. The number of hydrogen-bond donors (Lipinski definition) is 5. The number of nitrogen functional groups attached to an aromatic ring is 4. The Morgan fingerprint density at radius 2 is 0.829 bits per heavy atom. The van der Waals surface area contributed by atoms with Gasteiger partial charge >= 0.3 is 12.2 Å². The Morgan fingerprint density at radius 3 is 1.26 bits per heavy atom. The van der Waals surface area contributed by atoms with Crippen LogP contribution in [-0.4, -0.2) is 126 Å². The van der Waals surface area contributed by atoms with Crippen LogP contribution >= 0.6 is 11.6 Å². The Labute approximate surface area is 723 Å². The second-order valence-corrected chi connectivity index (χ2v) is 34.0. The summed E-state index contributed by atoms with van der Waals surface area (Å²) in [6.45, 7) is 26.2. The van der Waals surface area contributed by atoms with Crippen molar-refractivity contribution in [2.45, 2.75) is 156 Å². The molecule has 6 aromatic heterocycles. The lowest BCUT2D eigenvalue weighted by Crippen LogP contribution is -2.39. The summed E-state index contributed by atoms with van der Waals surface area (Å²) in [5, 5.41) is 26.3. The van der Waals surface area contributed by atoms with Gasteiger partial charge in [-0.3, -0.25) is 0 Å². The fourth-order valence-corrected chi connectivity index (χ4v) is 17.1. The van der Waals surface area contributed by atoms with E-state index in [4.69, 9.17) is 73.9 Å². The number of carbonyl (C=O) groups is 2. The first-order chi connectivity index (χ1) is 59.2. The average Bonchev–Trinajstić information content (AvgIpc) is 1.75. The average molecular weight is 1670 g/mol. The summed E-state index contributed by atoms with van der Waals surface area (Å²) < 4.78 is 16.9. The van der Waals surface area contributed by atoms with Crippen molar-refractivity contribution in [3.05, 3.63) is 249 Å². The molecule has 4 atom stereocenters. The van der Waals surface area contributed by atoms with E-state index >= 15 is 0 Å². The molecule has 0 unspecified atom stereocenters. The fraction of sp³-hybridized carbons (Fsp3) is 0.327. The molecule has 0 aliphatic carbocycles. The van der Waals surface area contributed by atoms with Crippen molar-refractivity contribution in [3.63, 3.8) is 0 Å². The molecule has 25 heteroatoms. The molecular weight excluding hydrogens is 1560 g/mol. The molecule has 9 N–H and O–H groups in total. The predicted molar refractivity (Wildman–Crippen MR) is 491 cm³/mol. The summed E-state index contributed by atoms with van der Waals surface area (Å²) >= 11 is 5.50. The molecule has 7 aromatic carbocycles. The van der Waals surface area contributed by atoms with E-state index in [1.807, 2.05) is 87.7 Å². The van der Waals surface area contributed by atoms with Gasteiger partial charge in [-0.05, 0) is 179 Å². The molecule has 0 bridgehead atoms. The molecular formula is C98H106ClN19O5. The lowest BCUT2D eigenvalue weighted by molar-refractivity contribution is 0.0214. The number of aromatic nitrogens is 8. The highest BCUT2D eigenvalue weighted by molar-refractivity contribution is 6.31. The van der Waals surface area contributed by atoms with E-state index in [0.717, 1.165) is 165 Å². The summed E-state index contributed by atoms with van der Waals surface area (Å²) in [6, 6.07) is 69.5. The highest BCUT2D eigenvalue weighted by Crippen LogP contribution is 2.46. The summed E-state index contributed by atoms with van der Waals surface area (Å²) in [4.78, 5) is 69.8. The van der Waals surface area contributed by atoms with Crippen LogP contribution < -0.4 is 38.1 Å². The normalized spacial score (nSPS) is 16.9. The van der Waals surface area contributed by atoms with Gasteiger partial charge in [0.1, 0.15) is 51.9 Å². The van der Waals surface area contributed by atoms with Crippen molar-refractivity contribution in [1.29, 1.82) is 10.5 Å². The zero-order valence-electron chi connectivity index (χ0n) is 71.5. The van der Waals surface area contributed by atoms with Crippen molar-refractivity contribution in [2.75, 3.05) is 85.2 Å². The van der Waals surface area contributed by atoms with Crippen molar-refractivity contribution in [2.24, 2.45) is 0 Å². The number of morpholine rings is 1. The third-order valence-electron chi connectivity index (χ3n) is 22.6. The van der Waals surface area contributed by atoms with Gasteiger partial charge in [0, 0.05) is 93.7 Å². The monoisotopic (exact) mass is 1660 g/mol. The maximum absolute atomic E-state index is 12.9. The number of pyridine rings is 4. The highest BCUT2D eigenvalue weighted by atomic mass is 35.5. The van der Waals surface area contributed by atoms with Gasteiger partial charge in [-0.25, -0.2) is 29.5 Å². The van der Waals surface area contributed by atoms with Crippen molar-refractivity contribution in [1.82, 2.24) is 55.0 Å². The van der Waals surface area contributed by atoms with Crippen molar-refractivity contribution < 1.29 is 23.8 Å². The van der Waals surface area contributed by atoms with Gasteiger partial charge in [0.15, 0.2) is 11.0 Å². The number of carbonyl (C=O) groups excluding carboxylic acids is 2. The number of para-hydroxylation sites is 4. The van der Waals surface area contributed by atoms with Gasteiger partial charge < -0.3 is 62.1 Å². The molecule has 0 spiro atoms. The minimum Gasteiger partial charge on any atom is -0.444 e. The van der Waals surface area contributed by atoms with Crippen LogP contribution in [0.15, 0.2) is 188 Å². The lowest BCUT2D eigenvalue weighted by Gasteiger charge is -2.34. The van der Waals surface area contributed by atoms with Gasteiger partial charge in [0.05, 0.1) is 70.5 Å². The van der Waals surface area contributed by atoms with Gasteiger partial charge in [-0.15, -0.1) is 0 Å². The maximum Gasteiger partial charge on any atom is 0.410 e. The maximum atomic E-state index is 12.9. The van der Waals surface area contributed by atoms with Crippen LogP contribution in [-0.2, 0) is 14.2 Å². The second-order valence-electron chi connectivity index (χ2n) is 33.6. The first kappa shape index (κ1) is 86.3. The molecule has 18 rings (SSSR count). The smallest absolute Gasteiger partial charge is 0.410 e. The molecule has 5 saturated heterocycles. The number of likely N-dealkylation sites (tertiary alicyclic amines) is 2. The molecule has 5 fully saturated rings. The number of anilines is 6. The number of halogens is 1. The molecule has 5 aliphatic heterocycles. The third kappa shape index (κ3) is 19.9. The first-order valence-electron chi connectivity index (χ1n) is 42.1. The summed E-state index contributed by atoms with van der Waals surface area (Å²) in [5.74, 6) is 1.62. The van der Waals surface area contributed by atoms with E-state index in [2.05, 4.69) is 220 Å². The molecule has 2 amide bonds. The van der Waals surface area contributed by atoms with Crippen LogP contribution in [0.1, 0.15) is 173 Å². The van der Waals surface area contributed by atoms with Gasteiger partial charge in [-0.2, -0.15) is 30.5 Å². The second kappa shape index (κ2) is 37.9. The minimum absolute atomic E-state index is 0.00463. The number of aryl methyl sites for hydroxylation is 4. The van der Waals surface area contributed by atoms with Crippen LogP contribution in [0.3, 0.4) is 0 Å². The van der Waals surface area contributed by atoms with E-state index < -0.39 is 11.2 Å². The van der Waals surface area contributed by atoms with Gasteiger partial charge in [0.2, 0.25) is 11.9 Å². The largest absolute Gasteiger partial charge is 0.444 e. The van der Waals surface area contributed by atoms with Crippen LogP contribution in [0.2, 0.25) is 5.15 Å². The van der Waals surface area contributed by atoms with E-state index in [-0.39, 0.29) is 70.1 Å². The quantitative estimate of drug-likeness (QED) is 0.0838. The zero-order chi connectivity index (χ0) is 86.8. The third-order valence-corrected chi connectivity index (χ3v) is 22.9. The minimum atomic E-state index is -0.509. The SMILES string of the molecule is Cc1cccc2cc([C@@H]3CCCN3)c(-c3ccccc3)nc12.Cc1cccc2cc([C@@H]3CCCN3C(=O)OC(C)(C)C)c(-c3ccccc3)nc12.Cc1cccc2cc([C@@H]3CCCN3C(=O)OC(C)(C)C)c(N3CCOCC3)nc12.Cc1cccc2cc([C@@H]3CCCN3c3nc(N)nc(N)c3C#N)c(-c3ccccc3)nc12.N#Cc1c(N)nc(N)nc1Cl. The van der Waals surface area contributed by atoms with Crippen molar-refractivity contribution >= 4 is 103 Å². The van der Waals surface area contributed by atoms with Crippen LogP contribution in [0.25, 0.3) is 77.4 Å². The van der Waals surface area contributed by atoms with Crippen LogP contribution in [0.5, 0.6) is 0 Å². The Balaban J connectivity index is 0.000000129. The number of rotatable bonds is 9. The molecule has 5 aliphatic rings. The Kier molecular flexibility index (Phi) is 26.6. The number of nitriles is 2. The number of ether oxygens (including phenoxy) is 3. The van der Waals surface area contributed by atoms with E-state index in [1.54, 1.807) is 6.07 Å². The number of fused-ring (bicyclic) bond motifs is 4. The molecule has 24 nitrogen and oxygen atoms in total. The number of nitrogens with two attached hydrogens (primary N) is 4. The fourth-order valence-electron chi connectivity index (χ4n) is 16.9. The Bertz CT molecular complexity index is 6080. The number of benzene rings is 7. The number of nitrogens with one attached hydrogen (secondary N) is 1. The highest BCUT2D eigenvalue weighted by Gasteiger charge is 2.39. The van der Waals surface area contributed by atoms with Gasteiger partial charge in [0.25, 0.3) is 0 Å². The van der Waals surface area contributed by atoms with Crippen LogP contribution in [0.4, 0.5) is 44.8 Å². The molecule has 13 aromatic rings. The van der Waals surface area contributed by atoms with E-state index in [1.165, 1.54) is 40.5 Å². The zero-order valence-corrected chi connectivity index (χ0v) is 72.3. The number of hydrogen-bond acceptors (Lipinski definition) is 22. The van der Waals surface area contributed by atoms with E-state index in [9.17, 15) is 14.9 Å². The summed E-state index contributed by atoms with van der Waals surface area (Å²) in [5.41, 5.74) is 41.5. The first-order valence-corrected chi connectivity index (χ1v) is 42.5. The van der Waals surface area contributed by atoms with Gasteiger partial charge in [-0.1, -0.05) is 175 Å². The molecule has 11 heterocycles. The molecule has 0 saturated carbocycles. The lowest BCUT2D eigenvalue weighted by atomic mass is 9.95.